The van der Waals surface area contributed by atoms with E-state index in [0.29, 0.717) is 6.79 Å². The Labute approximate surface area is 96.5 Å². The fourth-order valence-corrected chi connectivity index (χ4v) is 1.69. The maximum Gasteiger partial charge on any atom is 0.147 e. The summed E-state index contributed by atoms with van der Waals surface area (Å²) in [7, 11) is 1.66. The maximum atomic E-state index is 5.55. The van der Waals surface area contributed by atoms with Gasteiger partial charge >= 0.3 is 0 Å². The van der Waals surface area contributed by atoms with E-state index in [0.717, 1.165) is 11.8 Å². The number of unbranched alkanes of at least 4 members (excludes halogenated alkanes) is 3. The van der Waals surface area contributed by atoms with Crippen LogP contribution < -0.4 is 0 Å². The molecule has 0 aliphatic rings. The van der Waals surface area contributed by atoms with E-state index in [1.807, 2.05) is 0 Å². The van der Waals surface area contributed by atoms with Gasteiger partial charge in [-0.2, -0.15) is 0 Å². The molecule has 0 aromatic carbocycles. The van der Waals surface area contributed by atoms with Gasteiger partial charge in [0.25, 0.3) is 0 Å². The lowest BCUT2D eigenvalue weighted by Crippen LogP contribution is -2.25. The zero-order valence-electron chi connectivity index (χ0n) is 9.64. The van der Waals surface area contributed by atoms with Crippen LogP contribution in [0.3, 0.4) is 0 Å². The van der Waals surface area contributed by atoms with Crippen LogP contribution in [0.4, 0.5) is 0 Å². The molecule has 0 amide bonds. The second kappa shape index (κ2) is 8.69. The van der Waals surface area contributed by atoms with Crippen molar-refractivity contribution in [3.05, 3.63) is 0 Å². The van der Waals surface area contributed by atoms with Crippen LogP contribution in [0.25, 0.3) is 0 Å². The molecule has 0 rings (SSSR count). The first-order valence-corrected chi connectivity index (χ1v) is 6.43. The lowest BCUT2D eigenvalue weighted by Gasteiger charge is -2.24. The van der Waals surface area contributed by atoms with Crippen LogP contribution in [0.1, 0.15) is 46.0 Å². The predicted octanol–water partition coefficient (Wildman–Crippen LogP) is 3.73. The number of methoxy groups -OCH3 is 1. The smallest absolute Gasteiger partial charge is 0.147 e. The number of hydrogen-bond acceptors (Lipinski definition) is 2. The summed E-state index contributed by atoms with van der Waals surface area (Å²) < 4.78 is 10.4. The van der Waals surface area contributed by atoms with Crippen molar-refractivity contribution in [2.75, 3.05) is 19.2 Å². The van der Waals surface area contributed by atoms with Gasteiger partial charge in [-0.3, -0.25) is 0 Å². The Morgan fingerprint density at radius 3 is 2.29 bits per heavy atom. The molecule has 14 heavy (non-hydrogen) atoms. The van der Waals surface area contributed by atoms with Crippen LogP contribution in [0.15, 0.2) is 0 Å². The van der Waals surface area contributed by atoms with Crippen LogP contribution in [0, 0.1) is 0 Å². The molecule has 0 aromatic heterocycles. The van der Waals surface area contributed by atoms with Gasteiger partial charge in [-0.15, -0.1) is 0 Å². The monoisotopic (exact) mass is 266 g/mol. The van der Waals surface area contributed by atoms with Crippen molar-refractivity contribution in [3.63, 3.8) is 0 Å². The molecule has 0 heterocycles. The first-order valence-electron chi connectivity index (χ1n) is 5.31. The third-order valence-electron chi connectivity index (χ3n) is 2.23. The van der Waals surface area contributed by atoms with Crippen molar-refractivity contribution in [2.45, 2.75) is 51.6 Å². The molecular weight excluding hydrogens is 244 g/mol. The number of alkyl halides is 1. The van der Waals surface area contributed by atoms with E-state index in [4.69, 9.17) is 9.47 Å². The molecular formula is C11H23BrO2. The van der Waals surface area contributed by atoms with Gasteiger partial charge in [-0.1, -0.05) is 35.2 Å². The molecule has 0 fully saturated rings. The minimum absolute atomic E-state index is 0.0373. The molecule has 0 radical (unpaired) electrons. The van der Waals surface area contributed by atoms with Crippen LogP contribution in [-0.2, 0) is 9.47 Å². The van der Waals surface area contributed by atoms with Gasteiger partial charge < -0.3 is 9.47 Å². The Morgan fingerprint density at radius 1 is 1.07 bits per heavy atom. The fourth-order valence-electron chi connectivity index (χ4n) is 1.29. The second-order valence-electron chi connectivity index (χ2n) is 4.16. The molecule has 0 aliphatic carbocycles. The summed E-state index contributed by atoms with van der Waals surface area (Å²) in [5, 5.41) is 1.12. The van der Waals surface area contributed by atoms with Gasteiger partial charge in [0.05, 0.1) is 5.60 Å². The summed E-state index contributed by atoms with van der Waals surface area (Å²) in [4.78, 5) is 0. The van der Waals surface area contributed by atoms with Crippen molar-refractivity contribution < 1.29 is 9.47 Å². The average Bonchev–Trinajstić information content (AvgIpc) is 2.15. The number of hydrogen-bond donors (Lipinski definition) is 0. The van der Waals surface area contributed by atoms with Gasteiger partial charge in [0.1, 0.15) is 6.79 Å². The largest absolute Gasteiger partial charge is 0.359 e. The third-order valence-corrected chi connectivity index (χ3v) is 2.79. The van der Waals surface area contributed by atoms with E-state index in [2.05, 4.69) is 29.8 Å². The van der Waals surface area contributed by atoms with Crippen LogP contribution in [0.5, 0.6) is 0 Å². The molecule has 0 N–H and O–H groups in total. The van der Waals surface area contributed by atoms with Crippen molar-refractivity contribution in [1.29, 1.82) is 0 Å². The van der Waals surface area contributed by atoms with Crippen molar-refractivity contribution in [3.8, 4) is 0 Å². The van der Waals surface area contributed by atoms with Crippen molar-refractivity contribution in [1.82, 2.24) is 0 Å². The minimum Gasteiger partial charge on any atom is -0.359 e. The van der Waals surface area contributed by atoms with Gasteiger partial charge in [0, 0.05) is 12.4 Å². The second-order valence-corrected chi connectivity index (χ2v) is 4.96. The lowest BCUT2D eigenvalue weighted by molar-refractivity contribution is -0.117. The van der Waals surface area contributed by atoms with Crippen molar-refractivity contribution >= 4 is 15.9 Å². The molecule has 0 saturated heterocycles. The minimum atomic E-state index is -0.0373. The highest BCUT2D eigenvalue weighted by Gasteiger charge is 2.17. The van der Waals surface area contributed by atoms with E-state index < -0.39 is 0 Å². The van der Waals surface area contributed by atoms with E-state index in [1.54, 1.807) is 7.11 Å². The normalized spacial score (nSPS) is 12.0. The average molecular weight is 267 g/mol. The highest BCUT2D eigenvalue weighted by atomic mass is 79.9. The van der Waals surface area contributed by atoms with Gasteiger partial charge in [0.15, 0.2) is 0 Å². The van der Waals surface area contributed by atoms with Gasteiger partial charge in [-0.05, 0) is 26.7 Å². The summed E-state index contributed by atoms with van der Waals surface area (Å²) in [6.45, 7) is 4.64. The van der Waals surface area contributed by atoms with Crippen LogP contribution in [0.2, 0.25) is 0 Å². The van der Waals surface area contributed by atoms with Crippen LogP contribution >= 0.6 is 15.9 Å². The van der Waals surface area contributed by atoms with E-state index in [-0.39, 0.29) is 5.60 Å². The first kappa shape index (κ1) is 14.4. The lowest BCUT2D eigenvalue weighted by atomic mass is 10.00. The summed E-state index contributed by atoms with van der Waals surface area (Å²) >= 11 is 3.43. The SMILES string of the molecule is COCOC(C)(C)CCCCCCBr. The Kier molecular flexibility index (Phi) is 8.94. The molecule has 0 saturated carbocycles. The maximum absolute atomic E-state index is 5.55. The van der Waals surface area contributed by atoms with Crippen molar-refractivity contribution in [2.24, 2.45) is 0 Å². The van der Waals surface area contributed by atoms with E-state index in [1.165, 1.54) is 25.7 Å². The fraction of sp³-hybridized carbons (Fsp3) is 1.00. The summed E-state index contributed by atoms with van der Waals surface area (Å²) in [5.74, 6) is 0. The first-order chi connectivity index (χ1) is 6.62. The third kappa shape index (κ3) is 8.97. The highest BCUT2D eigenvalue weighted by molar-refractivity contribution is 9.09. The number of halogens is 1. The molecule has 3 heteroatoms. The van der Waals surface area contributed by atoms with Crippen LogP contribution in [-0.4, -0.2) is 24.8 Å². The molecule has 0 bridgehead atoms. The topological polar surface area (TPSA) is 18.5 Å². The molecule has 86 valence electrons. The highest BCUT2D eigenvalue weighted by Crippen LogP contribution is 2.18. The Morgan fingerprint density at radius 2 is 1.71 bits per heavy atom. The Hall–Kier alpha value is 0.400. The summed E-state index contributed by atoms with van der Waals surface area (Å²) in [6, 6.07) is 0. The van der Waals surface area contributed by atoms with Gasteiger partial charge in [-0.25, -0.2) is 0 Å². The quantitative estimate of drug-likeness (QED) is 0.360. The molecule has 0 unspecified atom stereocenters. The van der Waals surface area contributed by atoms with E-state index >= 15 is 0 Å². The zero-order valence-corrected chi connectivity index (χ0v) is 11.2. The van der Waals surface area contributed by atoms with E-state index in [9.17, 15) is 0 Å². The predicted molar refractivity (Wildman–Crippen MR) is 63.9 cm³/mol. The molecule has 0 aliphatic heterocycles. The molecule has 0 aromatic rings. The summed E-state index contributed by atoms with van der Waals surface area (Å²) in [6.07, 6.45) is 6.23. The standard InChI is InChI=1S/C11H23BrO2/c1-11(2,14-10-13-3)8-6-4-5-7-9-12/h4-10H2,1-3H3. The van der Waals surface area contributed by atoms with Gasteiger partial charge in [0.2, 0.25) is 0 Å². The zero-order chi connectivity index (χ0) is 10.9. The molecule has 2 nitrogen and oxygen atoms in total. The number of ether oxygens (including phenoxy) is 2. The Balaban J connectivity index is 3.35. The number of rotatable bonds is 9. The molecule has 0 spiro atoms. The summed E-state index contributed by atoms with van der Waals surface area (Å²) in [5.41, 5.74) is -0.0373. The Bertz CT molecular complexity index is 126. The molecule has 0 atom stereocenters.